The third-order valence-electron chi connectivity index (χ3n) is 5.03. The van der Waals surface area contributed by atoms with E-state index >= 15 is 0 Å². The fraction of sp³-hybridized carbons (Fsp3) is 0.273. The maximum atomic E-state index is 12.9. The minimum Gasteiger partial charge on any atom is -0.507 e. The van der Waals surface area contributed by atoms with Crippen molar-refractivity contribution in [2.45, 2.75) is 19.3 Å². The number of benzene rings is 2. The molecule has 1 aliphatic heterocycles. The van der Waals surface area contributed by atoms with Crippen molar-refractivity contribution < 1.29 is 14.7 Å². The van der Waals surface area contributed by atoms with E-state index in [2.05, 4.69) is 16.7 Å². The van der Waals surface area contributed by atoms with Gasteiger partial charge in [-0.25, -0.2) is 0 Å². The Kier molecular flexibility index (Phi) is 4.32. The summed E-state index contributed by atoms with van der Waals surface area (Å²) in [6.07, 6.45) is 3.66. The summed E-state index contributed by atoms with van der Waals surface area (Å²) >= 11 is 0. The highest BCUT2D eigenvalue weighted by Gasteiger charge is 2.33. The average Bonchev–Trinajstić information content (AvgIpc) is 2.68. The summed E-state index contributed by atoms with van der Waals surface area (Å²) in [7, 11) is 0. The van der Waals surface area contributed by atoms with Crippen molar-refractivity contribution in [2.24, 2.45) is 0 Å². The molecule has 0 atom stereocenters. The molecular weight excluding hydrogens is 326 g/mol. The number of hydrogen-bond donors (Lipinski definition) is 1. The number of rotatable bonds is 1. The lowest BCUT2D eigenvalue weighted by Gasteiger charge is -2.23. The molecule has 0 spiro atoms. The number of phenols is 1. The van der Waals surface area contributed by atoms with E-state index in [0.717, 1.165) is 13.1 Å². The zero-order valence-corrected chi connectivity index (χ0v) is 14.4. The molecule has 0 amide bonds. The van der Waals surface area contributed by atoms with E-state index in [0.29, 0.717) is 23.2 Å². The molecule has 1 aliphatic carbocycles. The Morgan fingerprint density at radius 2 is 1.54 bits per heavy atom. The van der Waals surface area contributed by atoms with Gasteiger partial charge in [-0.3, -0.25) is 14.5 Å². The van der Waals surface area contributed by atoms with E-state index < -0.39 is 0 Å². The number of carbonyl (C=O) groups excluding carboxylic acids is 2. The maximum absolute atomic E-state index is 12.9. The molecule has 0 aromatic heterocycles. The second-order valence-corrected chi connectivity index (χ2v) is 6.72. The van der Waals surface area contributed by atoms with Crippen molar-refractivity contribution in [3.8, 4) is 17.6 Å². The molecule has 130 valence electrons. The molecule has 1 fully saturated rings. The van der Waals surface area contributed by atoms with Crippen LogP contribution in [0.2, 0.25) is 0 Å². The summed E-state index contributed by atoms with van der Waals surface area (Å²) in [6.45, 7) is 2.74. The van der Waals surface area contributed by atoms with Gasteiger partial charge in [-0.2, -0.15) is 0 Å². The van der Waals surface area contributed by atoms with E-state index in [9.17, 15) is 14.7 Å². The lowest BCUT2D eigenvalue weighted by Crippen LogP contribution is -2.29. The van der Waals surface area contributed by atoms with E-state index in [1.165, 1.54) is 25.3 Å². The van der Waals surface area contributed by atoms with Crippen molar-refractivity contribution in [1.29, 1.82) is 0 Å². The Morgan fingerprint density at radius 3 is 2.23 bits per heavy atom. The van der Waals surface area contributed by atoms with Crippen LogP contribution >= 0.6 is 0 Å². The summed E-state index contributed by atoms with van der Waals surface area (Å²) in [6, 6.07) is 9.79. The van der Waals surface area contributed by atoms with Gasteiger partial charge in [-0.1, -0.05) is 42.5 Å². The molecule has 4 rings (SSSR count). The normalized spacial score (nSPS) is 16.5. The first-order chi connectivity index (χ1) is 12.7. The summed E-state index contributed by atoms with van der Waals surface area (Å²) in [5.41, 5.74) is 1.49. The van der Waals surface area contributed by atoms with Gasteiger partial charge >= 0.3 is 0 Å². The standard InChI is InChI=1S/C22H19NO3/c24-18-11-10-15(7-6-14-23-12-4-1-5-13-23)19-20(18)22(26)17-9-3-2-8-16(17)21(19)25/h2-3,8-11,24H,1,4-5,12-14H2. The monoisotopic (exact) mass is 345 g/mol. The molecule has 1 heterocycles. The quantitative estimate of drug-likeness (QED) is 0.689. The zero-order valence-electron chi connectivity index (χ0n) is 14.4. The fourth-order valence-corrected chi connectivity index (χ4v) is 3.67. The highest BCUT2D eigenvalue weighted by molar-refractivity contribution is 6.30. The Hall–Kier alpha value is -2.90. The van der Waals surface area contributed by atoms with Crippen LogP contribution in [0.15, 0.2) is 36.4 Å². The van der Waals surface area contributed by atoms with Crippen LogP contribution in [0.5, 0.6) is 5.75 Å². The maximum Gasteiger partial charge on any atom is 0.198 e. The number of fused-ring (bicyclic) bond motifs is 2. The van der Waals surface area contributed by atoms with E-state index in [1.54, 1.807) is 30.3 Å². The van der Waals surface area contributed by atoms with Gasteiger partial charge < -0.3 is 5.11 Å². The fourth-order valence-electron chi connectivity index (χ4n) is 3.67. The lowest BCUT2D eigenvalue weighted by molar-refractivity contribution is 0.0976. The van der Waals surface area contributed by atoms with Gasteiger partial charge in [0, 0.05) is 16.7 Å². The van der Waals surface area contributed by atoms with Crippen molar-refractivity contribution >= 4 is 11.6 Å². The topological polar surface area (TPSA) is 57.6 Å². The van der Waals surface area contributed by atoms with E-state index in [1.807, 2.05) is 0 Å². The minimum atomic E-state index is -0.326. The van der Waals surface area contributed by atoms with E-state index in [4.69, 9.17) is 0 Å². The second-order valence-electron chi connectivity index (χ2n) is 6.72. The molecule has 4 heteroatoms. The number of aromatic hydroxyl groups is 1. The van der Waals surface area contributed by atoms with Crippen LogP contribution < -0.4 is 0 Å². The van der Waals surface area contributed by atoms with Gasteiger partial charge in [-0.05, 0) is 38.1 Å². The first kappa shape index (κ1) is 16.6. The summed E-state index contributed by atoms with van der Waals surface area (Å²) in [4.78, 5) is 28.0. The molecule has 2 aromatic rings. The predicted molar refractivity (Wildman–Crippen MR) is 98.6 cm³/mol. The molecule has 0 unspecified atom stereocenters. The summed E-state index contributed by atoms with van der Waals surface area (Å²) < 4.78 is 0. The van der Waals surface area contributed by atoms with E-state index in [-0.39, 0.29) is 28.4 Å². The summed E-state index contributed by atoms with van der Waals surface area (Å²) in [5, 5.41) is 10.2. The third kappa shape index (κ3) is 2.81. The molecule has 1 N–H and O–H groups in total. The van der Waals surface area contributed by atoms with Gasteiger partial charge in [0.15, 0.2) is 11.6 Å². The minimum absolute atomic E-state index is 0.0680. The number of likely N-dealkylation sites (tertiary alicyclic amines) is 1. The number of ketones is 2. The molecule has 4 nitrogen and oxygen atoms in total. The number of nitrogens with zero attached hydrogens (tertiary/aromatic N) is 1. The number of carbonyl (C=O) groups is 2. The van der Waals surface area contributed by atoms with Crippen LogP contribution in [0, 0.1) is 11.8 Å². The Labute approximate surface area is 152 Å². The van der Waals surface area contributed by atoms with Crippen LogP contribution in [0.1, 0.15) is 56.7 Å². The van der Waals surface area contributed by atoms with Crippen molar-refractivity contribution in [2.75, 3.05) is 19.6 Å². The average molecular weight is 345 g/mol. The van der Waals surface area contributed by atoms with Gasteiger partial charge in [0.2, 0.25) is 0 Å². The molecule has 0 saturated carbocycles. The van der Waals surface area contributed by atoms with Gasteiger partial charge in [0.25, 0.3) is 0 Å². The first-order valence-corrected chi connectivity index (χ1v) is 8.92. The van der Waals surface area contributed by atoms with Crippen molar-refractivity contribution in [3.63, 3.8) is 0 Å². The Balaban J connectivity index is 1.73. The van der Waals surface area contributed by atoms with Crippen LogP contribution in [0.4, 0.5) is 0 Å². The molecular formula is C22H19NO3. The smallest absolute Gasteiger partial charge is 0.198 e. The first-order valence-electron chi connectivity index (χ1n) is 8.92. The number of phenolic OH excluding ortho intramolecular Hbond substituents is 1. The molecule has 1 saturated heterocycles. The SMILES string of the molecule is O=C1c2ccccc2C(=O)c2c(C#CCN3CCCCC3)ccc(O)c21. The van der Waals surface area contributed by atoms with Gasteiger partial charge in [-0.15, -0.1) is 0 Å². The predicted octanol–water partition coefficient (Wildman–Crippen LogP) is 3.01. The van der Waals surface area contributed by atoms with Crippen LogP contribution in [0.25, 0.3) is 0 Å². The third-order valence-corrected chi connectivity index (χ3v) is 5.03. The van der Waals surface area contributed by atoms with Crippen LogP contribution in [0.3, 0.4) is 0 Å². The highest BCUT2D eigenvalue weighted by Crippen LogP contribution is 2.34. The largest absolute Gasteiger partial charge is 0.507 e. The number of piperidine rings is 1. The highest BCUT2D eigenvalue weighted by atomic mass is 16.3. The zero-order chi connectivity index (χ0) is 18.1. The van der Waals surface area contributed by atoms with Gasteiger partial charge in [0.05, 0.1) is 17.7 Å². The molecule has 2 aromatic carbocycles. The van der Waals surface area contributed by atoms with Crippen molar-refractivity contribution in [1.82, 2.24) is 4.90 Å². The molecule has 0 bridgehead atoms. The molecule has 2 aliphatic rings. The van der Waals surface area contributed by atoms with Crippen LogP contribution in [-0.2, 0) is 0 Å². The second kappa shape index (κ2) is 6.78. The molecule has 0 radical (unpaired) electrons. The van der Waals surface area contributed by atoms with Gasteiger partial charge in [0.1, 0.15) is 5.75 Å². The number of hydrogen-bond acceptors (Lipinski definition) is 4. The Morgan fingerprint density at radius 1 is 0.885 bits per heavy atom. The van der Waals surface area contributed by atoms with Crippen LogP contribution in [-0.4, -0.2) is 41.2 Å². The lowest BCUT2D eigenvalue weighted by atomic mass is 9.81. The van der Waals surface area contributed by atoms with Crippen molar-refractivity contribution in [3.05, 3.63) is 64.2 Å². The Bertz CT molecular complexity index is 959. The summed E-state index contributed by atoms with van der Waals surface area (Å²) in [5.74, 6) is 5.43. The molecule has 26 heavy (non-hydrogen) atoms.